The van der Waals surface area contributed by atoms with Gasteiger partial charge in [0.25, 0.3) is 0 Å². The van der Waals surface area contributed by atoms with Gasteiger partial charge in [0.05, 0.1) is 11.1 Å². The van der Waals surface area contributed by atoms with Gasteiger partial charge in [-0.3, -0.25) is 0 Å². The molecule has 0 radical (unpaired) electrons. The zero-order valence-electron chi connectivity index (χ0n) is 17.3. The van der Waals surface area contributed by atoms with E-state index >= 15 is 0 Å². The van der Waals surface area contributed by atoms with E-state index in [1.807, 2.05) is 0 Å². The molecule has 1 rings (SSSR count). The molecule has 1 aromatic rings. The Morgan fingerprint density at radius 2 is 1.13 bits per heavy atom. The number of hydrogen-bond acceptors (Lipinski definition) is 3. The molecule has 3 N–H and O–H groups in total. The van der Waals surface area contributed by atoms with Crippen LogP contribution in [-0.4, -0.2) is 87.8 Å². The average molecular weight is 440 g/mol. The second-order valence-electron chi connectivity index (χ2n) is 7.54. The van der Waals surface area contributed by atoms with Crippen molar-refractivity contribution in [3.63, 3.8) is 0 Å². The number of carbonyl (C=O) groups is 2. The van der Waals surface area contributed by atoms with E-state index < -0.39 is 11.9 Å². The second kappa shape index (κ2) is 20.8. The van der Waals surface area contributed by atoms with Crippen LogP contribution < -0.4 is 5.32 Å². The van der Waals surface area contributed by atoms with Crippen LogP contribution in [-0.2, 0) is 0 Å². The van der Waals surface area contributed by atoms with Crippen LogP contribution in [0.5, 0.6) is 0 Å². The van der Waals surface area contributed by atoms with E-state index in [2.05, 4.69) is 12.2 Å². The minimum atomic E-state index is -1.22. The Morgan fingerprint density at radius 3 is 1.57 bits per heavy atom. The van der Waals surface area contributed by atoms with Crippen LogP contribution in [0.4, 0.5) is 5.69 Å². The number of hydrogen-bond donors (Lipinski definition) is 3. The molecule has 0 aliphatic carbocycles. The first-order valence-electron chi connectivity index (χ1n) is 10.9. The Bertz CT molecular complexity index is 597. The molecule has 0 amide bonds. The van der Waals surface area contributed by atoms with E-state index in [0.29, 0.717) is 5.69 Å². The zero-order valence-corrected chi connectivity index (χ0v) is 17.3. The van der Waals surface area contributed by atoms with Crippen molar-refractivity contribution in [2.24, 2.45) is 0 Å². The first kappa shape index (κ1) is 32.1. The molecule has 162 valence electrons. The molecule has 0 bridgehead atoms. The molecule has 0 fully saturated rings. The molecular formula is C23H39NNa2O4. The van der Waals surface area contributed by atoms with Crippen molar-refractivity contribution >= 4 is 76.7 Å². The zero-order chi connectivity index (χ0) is 20.6. The summed E-state index contributed by atoms with van der Waals surface area (Å²) in [5, 5.41) is 21.4. The maximum absolute atomic E-state index is 11.2. The van der Waals surface area contributed by atoms with Crippen LogP contribution in [0.1, 0.15) is 111 Å². The molecule has 0 unspecified atom stereocenters. The van der Waals surface area contributed by atoms with Gasteiger partial charge < -0.3 is 15.5 Å². The number of unbranched alkanes of at least 4 members (excludes halogenated alkanes) is 12. The SMILES string of the molecule is CCCCCCCCCCCCCCCNc1ccc(C(=O)O)c(C(=O)O)c1.[NaH].[NaH]. The predicted octanol–water partition coefficient (Wildman–Crippen LogP) is 5.29. The third kappa shape index (κ3) is 14.9. The van der Waals surface area contributed by atoms with Gasteiger partial charge in [0.2, 0.25) is 0 Å². The van der Waals surface area contributed by atoms with Crippen molar-refractivity contribution in [1.82, 2.24) is 0 Å². The molecule has 0 aliphatic rings. The van der Waals surface area contributed by atoms with Gasteiger partial charge in [0.1, 0.15) is 0 Å². The summed E-state index contributed by atoms with van der Waals surface area (Å²) in [7, 11) is 0. The summed E-state index contributed by atoms with van der Waals surface area (Å²) in [6, 6.07) is 4.37. The molecule has 7 heteroatoms. The number of rotatable bonds is 17. The van der Waals surface area contributed by atoms with Crippen LogP contribution in [0.2, 0.25) is 0 Å². The quantitative estimate of drug-likeness (QED) is 0.227. The van der Waals surface area contributed by atoms with Gasteiger partial charge in [-0.15, -0.1) is 0 Å². The monoisotopic (exact) mass is 439 g/mol. The van der Waals surface area contributed by atoms with Crippen LogP contribution in [0.25, 0.3) is 0 Å². The average Bonchev–Trinajstić information content (AvgIpc) is 2.68. The van der Waals surface area contributed by atoms with Gasteiger partial charge in [-0.1, -0.05) is 84.0 Å². The summed E-state index contributed by atoms with van der Waals surface area (Å²) in [6.45, 7) is 3.02. The molecule has 0 saturated heterocycles. The summed E-state index contributed by atoms with van der Waals surface area (Å²) < 4.78 is 0. The number of nitrogens with one attached hydrogen (secondary N) is 1. The molecule has 0 aliphatic heterocycles. The molecule has 0 saturated carbocycles. The Labute approximate surface area is 226 Å². The van der Waals surface area contributed by atoms with E-state index in [0.717, 1.165) is 19.4 Å². The molecule has 0 aromatic heterocycles. The molecule has 0 spiro atoms. The topological polar surface area (TPSA) is 86.6 Å². The standard InChI is InChI=1S/C23H37NO4.2Na.2H/c1-2-3-4-5-6-7-8-9-10-11-12-13-14-17-24-19-15-16-20(22(25)26)21(18-19)23(27)28;;;;/h15-16,18,24H,2-14,17H2,1H3,(H,25,26)(H,27,28);;;;. The minimum absolute atomic E-state index is 0. The van der Waals surface area contributed by atoms with Gasteiger partial charge in [-0.05, 0) is 24.6 Å². The van der Waals surface area contributed by atoms with Crippen molar-refractivity contribution in [1.29, 1.82) is 0 Å². The molecule has 1 aromatic carbocycles. The molecule has 0 atom stereocenters. The molecular weight excluding hydrogens is 400 g/mol. The summed E-state index contributed by atoms with van der Waals surface area (Å²) in [5.74, 6) is -2.44. The first-order chi connectivity index (χ1) is 13.6. The van der Waals surface area contributed by atoms with Crippen LogP contribution in [0.3, 0.4) is 0 Å². The Hall–Kier alpha value is -0.0400. The van der Waals surface area contributed by atoms with Crippen molar-refractivity contribution in [2.75, 3.05) is 11.9 Å². The molecule has 5 nitrogen and oxygen atoms in total. The van der Waals surface area contributed by atoms with Crippen molar-refractivity contribution in [3.8, 4) is 0 Å². The van der Waals surface area contributed by atoms with Gasteiger partial charge >= 0.3 is 71.1 Å². The van der Waals surface area contributed by atoms with E-state index in [9.17, 15) is 9.59 Å². The Morgan fingerprint density at radius 1 is 0.700 bits per heavy atom. The third-order valence-electron chi connectivity index (χ3n) is 5.09. The van der Waals surface area contributed by atoms with Crippen molar-refractivity contribution in [2.45, 2.75) is 90.4 Å². The van der Waals surface area contributed by atoms with Gasteiger partial charge in [0.15, 0.2) is 0 Å². The summed E-state index contributed by atoms with van der Waals surface area (Å²) in [4.78, 5) is 22.2. The van der Waals surface area contributed by atoms with Crippen molar-refractivity contribution in [3.05, 3.63) is 29.3 Å². The van der Waals surface area contributed by atoms with E-state index in [4.69, 9.17) is 10.2 Å². The maximum atomic E-state index is 11.2. The van der Waals surface area contributed by atoms with E-state index in [1.54, 1.807) is 6.07 Å². The Balaban J connectivity index is 0. The fraction of sp³-hybridized carbons (Fsp3) is 0.652. The third-order valence-corrected chi connectivity index (χ3v) is 5.09. The summed E-state index contributed by atoms with van der Waals surface area (Å²) >= 11 is 0. The molecule has 30 heavy (non-hydrogen) atoms. The predicted molar refractivity (Wildman–Crippen MR) is 129 cm³/mol. The number of aromatic carboxylic acids is 2. The van der Waals surface area contributed by atoms with Crippen LogP contribution >= 0.6 is 0 Å². The van der Waals surface area contributed by atoms with Crippen LogP contribution in [0, 0.1) is 0 Å². The number of anilines is 1. The second-order valence-corrected chi connectivity index (χ2v) is 7.54. The number of carboxylic acid groups (broad SMARTS) is 2. The first-order valence-corrected chi connectivity index (χ1v) is 10.9. The Kier molecular flexibility index (Phi) is 22.3. The fourth-order valence-corrected chi connectivity index (χ4v) is 3.39. The summed E-state index contributed by atoms with van der Waals surface area (Å²) in [6.07, 6.45) is 17.0. The normalized spacial score (nSPS) is 10.0. The van der Waals surface area contributed by atoms with E-state index in [1.165, 1.54) is 82.8 Å². The molecule has 0 heterocycles. The van der Waals surface area contributed by atoms with Gasteiger partial charge in [0, 0.05) is 12.2 Å². The van der Waals surface area contributed by atoms with Crippen LogP contribution in [0.15, 0.2) is 18.2 Å². The number of carboxylic acids is 2. The van der Waals surface area contributed by atoms with Gasteiger partial charge in [-0.2, -0.15) is 0 Å². The van der Waals surface area contributed by atoms with Gasteiger partial charge in [-0.25, -0.2) is 9.59 Å². The van der Waals surface area contributed by atoms with Crippen molar-refractivity contribution < 1.29 is 19.8 Å². The van der Waals surface area contributed by atoms with E-state index in [-0.39, 0.29) is 70.2 Å². The number of benzene rings is 1. The summed E-state index contributed by atoms with van der Waals surface area (Å²) in [5.41, 5.74) is 0.295. The fourth-order valence-electron chi connectivity index (χ4n) is 3.39.